The van der Waals surface area contributed by atoms with Crippen molar-refractivity contribution in [3.63, 3.8) is 0 Å². The lowest BCUT2D eigenvalue weighted by Crippen LogP contribution is -1.98. The first-order valence-electron chi connectivity index (χ1n) is 5.31. The molecule has 1 aromatic carbocycles. The SMILES string of the molecule is CCc1c(-c2ccc(Cl)cc2F)nn(C)c1N. The molecule has 2 aromatic rings. The highest BCUT2D eigenvalue weighted by Gasteiger charge is 2.16. The monoisotopic (exact) mass is 253 g/mol. The predicted molar refractivity (Wildman–Crippen MR) is 67.4 cm³/mol. The summed E-state index contributed by atoms with van der Waals surface area (Å²) in [6, 6.07) is 4.55. The molecule has 1 aromatic heterocycles. The number of nitrogen functional groups attached to an aromatic ring is 1. The zero-order chi connectivity index (χ0) is 12.6. The van der Waals surface area contributed by atoms with Crippen molar-refractivity contribution in [2.75, 3.05) is 5.73 Å². The number of hydrogen-bond donors (Lipinski definition) is 1. The van der Waals surface area contributed by atoms with Crippen molar-refractivity contribution in [3.8, 4) is 11.3 Å². The number of rotatable bonds is 2. The van der Waals surface area contributed by atoms with E-state index < -0.39 is 0 Å². The van der Waals surface area contributed by atoms with Gasteiger partial charge >= 0.3 is 0 Å². The number of nitrogens with two attached hydrogens (primary N) is 1. The highest BCUT2D eigenvalue weighted by Crippen LogP contribution is 2.30. The predicted octanol–water partition coefficient (Wildman–Crippen LogP) is 3.02. The van der Waals surface area contributed by atoms with E-state index >= 15 is 0 Å². The molecule has 2 N–H and O–H groups in total. The summed E-state index contributed by atoms with van der Waals surface area (Å²) in [5.74, 6) is 0.183. The van der Waals surface area contributed by atoms with Gasteiger partial charge in [0.15, 0.2) is 0 Å². The second-order valence-electron chi connectivity index (χ2n) is 3.81. The normalized spacial score (nSPS) is 10.8. The maximum Gasteiger partial charge on any atom is 0.134 e. The third kappa shape index (κ3) is 2.00. The maximum absolute atomic E-state index is 13.8. The van der Waals surface area contributed by atoms with Crippen LogP contribution in [-0.4, -0.2) is 9.78 Å². The van der Waals surface area contributed by atoms with E-state index in [4.69, 9.17) is 17.3 Å². The Morgan fingerprint density at radius 3 is 2.76 bits per heavy atom. The molecule has 0 radical (unpaired) electrons. The average molecular weight is 254 g/mol. The molecule has 0 saturated carbocycles. The molecule has 17 heavy (non-hydrogen) atoms. The quantitative estimate of drug-likeness (QED) is 0.894. The molecule has 0 atom stereocenters. The topological polar surface area (TPSA) is 43.8 Å². The second-order valence-corrected chi connectivity index (χ2v) is 4.25. The van der Waals surface area contributed by atoms with Crippen molar-refractivity contribution in [2.24, 2.45) is 7.05 Å². The van der Waals surface area contributed by atoms with Gasteiger partial charge in [-0.3, -0.25) is 4.68 Å². The molecule has 1 heterocycles. The molecule has 0 unspecified atom stereocenters. The van der Waals surface area contributed by atoms with Crippen molar-refractivity contribution in [3.05, 3.63) is 34.6 Å². The fraction of sp³-hybridized carbons (Fsp3) is 0.250. The van der Waals surface area contributed by atoms with Gasteiger partial charge < -0.3 is 5.73 Å². The van der Waals surface area contributed by atoms with Gasteiger partial charge in [-0.25, -0.2) is 4.39 Å². The minimum absolute atomic E-state index is 0.369. The Morgan fingerprint density at radius 1 is 1.47 bits per heavy atom. The number of benzene rings is 1. The number of anilines is 1. The van der Waals surface area contributed by atoms with Crippen LogP contribution in [0.4, 0.5) is 10.2 Å². The van der Waals surface area contributed by atoms with E-state index in [2.05, 4.69) is 5.10 Å². The van der Waals surface area contributed by atoms with Crippen LogP contribution in [0.5, 0.6) is 0 Å². The zero-order valence-electron chi connectivity index (χ0n) is 9.67. The van der Waals surface area contributed by atoms with Crippen LogP contribution in [0.1, 0.15) is 12.5 Å². The molecule has 0 aliphatic carbocycles. The first kappa shape index (κ1) is 11.9. The van der Waals surface area contributed by atoms with Crippen LogP contribution >= 0.6 is 11.6 Å². The summed E-state index contributed by atoms with van der Waals surface area (Å²) >= 11 is 5.72. The van der Waals surface area contributed by atoms with Crippen molar-refractivity contribution in [2.45, 2.75) is 13.3 Å². The lowest BCUT2D eigenvalue weighted by Gasteiger charge is -2.02. The zero-order valence-corrected chi connectivity index (χ0v) is 10.4. The summed E-state index contributed by atoms with van der Waals surface area (Å²) in [5.41, 5.74) is 7.75. The third-order valence-corrected chi connectivity index (χ3v) is 2.97. The first-order valence-corrected chi connectivity index (χ1v) is 5.69. The second kappa shape index (κ2) is 4.37. The Hall–Kier alpha value is -1.55. The van der Waals surface area contributed by atoms with Crippen molar-refractivity contribution >= 4 is 17.4 Å². The minimum Gasteiger partial charge on any atom is -0.384 e. The summed E-state index contributed by atoms with van der Waals surface area (Å²) in [6.45, 7) is 1.96. The standard InChI is InChI=1S/C12H13ClFN3/c1-3-8-11(16-17(2)12(8)15)9-5-4-7(13)6-10(9)14/h4-6H,3,15H2,1-2H3. The van der Waals surface area contributed by atoms with Crippen LogP contribution < -0.4 is 5.73 Å². The molecular weight excluding hydrogens is 241 g/mol. The van der Waals surface area contributed by atoms with Gasteiger partial charge in [0, 0.05) is 23.2 Å². The van der Waals surface area contributed by atoms with Crippen LogP contribution in [0.25, 0.3) is 11.3 Å². The fourth-order valence-electron chi connectivity index (χ4n) is 1.83. The van der Waals surface area contributed by atoms with E-state index in [1.807, 2.05) is 6.92 Å². The van der Waals surface area contributed by atoms with Crippen molar-refractivity contribution < 1.29 is 4.39 Å². The molecule has 0 aliphatic heterocycles. The van der Waals surface area contributed by atoms with E-state index in [1.54, 1.807) is 23.9 Å². The van der Waals surface area contributed by atoms with Gasteiger partial charge in [-0.2, -0.15) is 5.10 Å². The molecule has 0 fully saturated rings. The van der Waals surface area contributed by atoms with Crippen LogP contribution in [0.15, 0.2) is 18.2 Å². The molecule has 0 amide bonds. The summed E-state index contributed by atoms with van der Waals surface area (Å²) in [7, 11) is 1.74. The number of halogens is 2. The van der Waals surface area contributed by atoms with Crippen LogP contribution in [0, 0.1) is 5.82 Å². The van der Waals surface area contributed by atoms with Gasteiger partial charge in [-0.1, -0.05) is 18.5 Å². The van der Waals surface area contributed by atoms with Gasteiger partial charge in [0.05, 0.1) is 0 Å². The lowest BCUT2D eigenvalue weighted by molar-refractivity contribution is 0.630. The Balaban J connectivity index is 2.64. The first-order chi connectivity index (χ1) is 8.04. The Morgan fingerprint density at radius 2 is 2.18 bits per heavy atom. The smallest absolute Gasteiger partial charge is 0.134 e. The van der Waals surface area contributed by atoms with Gasteiger partial charge in [0.25, 0.3) is 0 Å². The Bertz CT molecular complexity index is 563. The molecule has 3 nitrogen and oxygen atoms in total. The van der Waals surface area contributed by atoms with E-state index in [9.17, 15) is 4.39 Å². The molecular formula is C12H13ClFN3. The molecule has 0 bridgehead atoms. The van der Waals surface area contributed by atoms with Crippen LogP contribution in [-0.2, 0) is 13.5 Å². The minimum atomic E-state index is -0.384. The molecule has 0 saturated heterocycles. The maximum atomic E-state index is 13.8. The van der Waals surface area contributed by atoms with E-state index in [0.29, 0.717) is 28.5 Å². The van der Waals surface area contributed by atoms with E-state index in [-0.39, 0.29) is 5.82 Å². The van der Waals surface area contributed by atoms with Gasteiger partial charge in [-0.15, -0.1) is 0 Å². The number of aryl methyl sites for hydroxylation is 1. The summed E-state index contributed by atoms with van der Waals surface area (Å²) in [6.07, 6.45) is 0.705. The third-order valence-electron chi connectivity index (χ3n) is 2.73. The number of aromatic nitrogens is 2. The van der Waals surface area contributed by atoms with E-state index in [1.165, 1.54) is 6.07 Å². The summed E-state index contributed by atoms with van der Waals surface area (Å²) < 4.78 is 15.4. The Labute approximate surface area is 104 Å². The highest BCUT2D eigenvalue weighted by molar-refractivity contribution is 6.30. The van der Waals surface area contributed by atoms with Gasteiger partial charge in [-0.05, 0) is 24.6 Å². The van der Waals surface area contributed by atoms with Crippen molar-refractivity contribution in [1.29, 1.82) is 0 Å². The number of nitrogens with zero attached hydrogens (tertiary/aromatic N) is 2. The average Bonchev–Trinajstić information content (AvgIpc) is 2.55. The summed E-state index contributed by atoms with van der Waals surface area (Å²) in [5, 5.41) is 4.62. The lowest BCUT2D eigenvalue weighted by atomic mass is 10.1. The van der Waals surface area contributed by atoms with E-state index in [0.717, 1.165) is 5.56 Å². The fourth-order valence-corrected chi connectivity index (χ4v) is 1.99. The van der Waals surface area contributed by atoms with Crippen LogP contribution in [0.2, 0.25) is 5.02 Å². The summed E-state index contributed by atoms with van der Waals surface area (Å²) in [4.78, 5) is 0. The molecule has 0 spiro atoms. The van der Waals surface area contributed by atoms with Crippen molar-refractivity contribution in [1.82, 2.24) is 9.78 Å². The molecule has 5 heteroatoms. The largest absolute Gasteiger partial charge is 0.384 e. The molecule has 0 aliphatic rings. The van der Waals surface area contributed by atoms with Gasteiger partial charge in [0.2, 0.25) is 0 Å². The highest BCUT2D eigenvalue weighted by atomic mass is 35.5. The molecule has 90 valence electrons. The van der Waals surface area contributed by atoms with Crippen LogP contribution in [0.3, 0.4) is 0 Å². The molecule has 2 rings (SSSR count). The Kier molecular flexibility index (Phi) is 3.07. The van der Waals surface area contributed by atoms with Gasteiger partial charge in [0.1, 0.15) is 17.3 Å². The number of hydrogen-bond acceptors (Lipinski definition) is 2.